The van der Waals surface area contributed by atoms with Gasteiger partial charge in [0.05, 0.1) is 24.3 Å². The van der Waals surface area contributed by atoms with Crippen molar-refractivity contribution >= 4 is 12.0 Å². The second-order valence-corrected chi connectivity index (χ2v) is 5.63. The molecule has 1 saturated heterocycles. The van der Waals surface area contributed by atoms with Gasteiger partial charge in [-0.05, 0) is 31.0 Å². The molecular weight excluding hydrogens is 308 g/mol. The Bertz CT molecular complexity index is 633. The van der Waals surface area contributed by atoms with Gasteiger partial charge in [0, 0.05) is 26.2 Å². The number of benzene rings is 1. The van der Waals surface area contributed by atoms with E-state index in [4.69, 9.17) is 15.7 Å². The van der Waals surface area contributed by atoms with Crippen molar-refractivity contribution in [2.24, 2.45) is 5.73 Å². The minimum atomic E-state index is -0.659. The molecule has 7 nitrogen and oxygen atoms in total. The maximum atomic E-state index is 12.5. The number of carbonyl (C=O) groups excluding carboxylic acids is 2. The predicted octanol–water partition coefficient (Wildman–Crippen LogP) is 0.729. The van der Waals surface area contributed by atoms with Crippen LogP contribution in [0.2, 0.25) is 0 Å². The van der Waals surface area contributed by atoms with Gasteiger partial charge in [-0.1, -0.05) is 12.1 Å². The number of rotatable bonds is 4. The van der Waals surface area contributed by atoms with Crippen LogP contribution in [0.3, 0.4) is 0 Å². The van der Waals surface area contributed by atoms with Crippen molar-refractivity contribution in [1.82, 2.24) is 9.80 Å². The highest BCUT2D eigenvalue weighted by Crippen LogP contribution is 2.10. The van der Waals surface area contributed by atoms with E-state index in [0.29, 0.717) is 44.8 Å². The van der Waals surface area contributed by atoms with Crippen LogP contribution in [-0.4, -0.2) is 60.6 Å². The average Bonchev–Trinajstić information content (AvgIpc) is 2.61. The van der Waals surface area contributed by atoms with Crippen LogP contribution in [-0.2, 0) is 16.0 Å². The molecule has 0 aliphatic carbocycles. The summed E-state index contributed by atoms with van der Waals surface area (Å²) < 4.78 is 4.96. The Labute approximate surface area is 141 Å². The summed E-state index contributed by atoms with van der Waals surface area (Å²) in [7, 11) is 0. The van der Waals surface area contributed by atoms with Crippen LogP contribution in [0.15, 0.2) is 24.3 Å². The molecule has 0 bridgehead atoms. The molecule has 1 aromatic rings. The largest absolute Gasteiger partial charge is 0.450 e. The first-order valence-electron chi connectivity index (χ1n) is 8.00. The Balaban J connectivity index is 1.88. The highest BCUT2D eigenvalue weighted by molar-refractivity contribution is 5.82. The second kappa shape index (κ2) is 8.31. The van der Waals surface area contributed by atoms with E-state index in [1.807, 2.05) is 6.07 Å². The maximum Gasteiger partial charge on any atom is 0.409 e. The molecule has 7 heteroatoms. The van der Waals surface area contributed by atoms with Gasteiger partial charge in [0.2, 0.25) is 5.91 Å². The summed E-state index contributed by atoms with van der Waals surface area (Å²) in [6, 6.07) is 8.50. The predicted molar refractivity (Wildman–Crippen MR) is 88.0 cm³/mol. The van der Waals surface area contributed by atoms with Crippen molar-refractivity contribution in [2.75, 3.05) is 32.8 Å². The van der Waals surface area contributed by atoms with E-state index in [1.165, 1.54) is 0 Å². The topological polar surface area (TPSA) is 99.7 Å². The Morgan fingerprint density at radius 3 is 2.58 bits per heavy atom. The fourth-order valence-electron chi connectivity index (χ4n) is 2.67. The number of nitrogens with two attached hydrogens (primary N) is 1. The third-order valence-corrected chi connectivity index (χ3v) is 3.95. The van der Waals surface area contributed by atoms with E-state index in [-0.39, 0.29) is 12.0 Å². The Morgan fingerprint density at radius 1 is 1.29 bits per heavy atom. The zero-order valence-corrected chi connectivity index (χ0v) is 13.8. The van der Waals surface area contributed by atoms with Gasteiger partial charge in [-0.3, -0.25) is 4.79 Å². The van der Waals surface area contributed by atoms with Gasteiger partial charge in [0.25, 0.3) is 0 Å². The second-order valence-electron chi connectivity index (χ2n) is 5.63. The van der Waals surface area contributed by atoms with Crippen LogP contribution in [0.1, 0.15) is 18.1 Å². The van der Waals surface area contributed by atoms with Gasteiger partial charge in [-0.15, -0.1) is 0 Å². The van der Waals surface area contributed by atoms with E-state index in [1.54, 1.807) is 34.9 Å². The summed E-state index contributed by atoms with van der Waals surface area (Å²) in [4.78, 5) is 27.4. The van der Waals surface area contributed by atoms with Crippen LogP contribution >= 0.6 is 0 Å². The molecule has 2 N–H and O–H groups in total. The van der Waals surface area contributed by atoms with Crippen LogP contribution in [0.5, 0.6) is 0 Å². The molecular formula is C17H22N4O3. The SMILES string of the molecule is CCOC(=O)N1CCN(C(=O)C(N)Cc2cccc(C#N)c2)CC1. The van der Waals surface area contributed by atoms with Crippen molar-refractivity contribution in [3.8, 4) is 6.07 Å². The molecule has 0 saturated carbocycles. The van der Waals surface area contributed by atoms with Gasteiger partial charge in [0.15, 0.2) is 0 Å². The lowest BCUT2D eigenvalue weighted by Gasteiger charge is -2.35. The maximum absolute atomic E-state index is 12.5. The van der Waals surface area contributed by atoms with Gasteiger partial charge in [-0.25, -0.2) is 4.79 Å². The molecule has 1 heterocycles. The molecule has 2 amide bonds. The quantitative estimate of drug-likeness (QED) is 0.877. The fourth-order valence-corrected chi connectivity index (χ4v) is 2.67. The number of piperazine rings is 1. The van der Waals surface area contributed by atoms with Crippen LogP contribution in [0.4, 0.5) is 4.79 Å². The Morgan fingerprint density at radius 2 is 1.96 bits per heavy atom. The van der Waals surface area contributed by atoms with Crippen molar-refractivity contribution < 1.29 is 14.3 Å². The lowest BCUT2D eigenvalue weighted by atomic mass is 10.0. The number of hydrogen-bond donors (Lipinski definition) is 1. The molecule has 2 rings (SSSR count). The number of ether oxygens (including phenoxy) is 1. The molecule has 0 aromatic heterocycles. The third-order valence-electron chi connectivity index (χ3n) is 3.95. The van der Waals surface area contributed by atoms with E-state index in [2.05, 4.69) is 6.07 Å². The van der Waals surface area contributed by atoms with E-state index < -0.39 is 6.04 Å². The van der Waals surface area contributed by atoms with E-state index >= 15 is 0 Å². The molecule has 0 spiro atoms. The molecule has 1 aliphatic rings. The summed E-state index contributed by atoms with van der Waals surface area (Å²) in [6.07, 6.45) is 0.0362. The van der Waals surface area contributed by atoms with Crippen LogP contribution in [0.25, 0.3) is 0 Å². The Kier molecular flexibility index (Phi) is 6.15. The normalized spacial score (nSPS) is 15.5. The lowest BCUT2D eigenvalue weighted by Crippen LogP contribution is -2.54. The summed E-state index contributed by atoms with van der Waals surface area (Å²) in [6.45, 7) is 3.89. The highest BCUT2D eigenvalue weighted by atomic mass is 16.6. The third kappa shape index (κ3) is 4.46. The summed E-state index contributed by atoms with van der Waals surface area (Å²) in [5, 5.41) is 8.92. The summed E-state index contributed by atoms with van der Waals surface area (Å²) >= 11 is 0. The molecule has 0 radical (unpaired) electrons. The number of nitriles is 1. The van der Waals surface area contributed by atoms with Gasteiger partial charge in [-0.2, -0.15) is 5.26 Å². The lowest BCUT2D eigenvalue weighted by molar-refractivity contribution is -0.134. The molecule has 128 valence electrons. The molecule has 1 atom stereocenters. The summed E-state index contributed by atoms with van der Waals surface area (Å²) in [5.41, 5.74) is 7.45. The van der Waals surface area contributed by atoms with Gasteiger partial charge < -0.3 is 20.3 Å². The van der Waals surface area contributed by atoms with Crippen molar-refractivity contribution in [2.45, 2.75) is 19.4 Å². The smallest absolute Gasteiger partial charge is 0.409 e. The van der Waals surface area contributed by atoms with Crippen LogP contribution in [0, 0.1) is 11.3 Å². The standard InChI is InChI=1S/C17H22N4O3/c1-2-24-17(23)21-8-6-20(7-9-21)16(22)15(19)11-13-4-3-5-14(10-13)12-18/h3-5,10,15H,2,6-9,11,19H2,1H3. The number of hydrogen-bond acceptors (Lipinski definition) is 5. The first-order valence-corrected chi connectivity index (χ1v) is 8.00. The number of amides is 2. The highest BCUT2D eigenvalue weighted by Gasteiger charge is 2.27. The molecule has 1 fully saturated rings. The van der Waals surface area contributed by atoms with E-state index in [0.717, 1.165) is 5.56 Å². The number of carbonyl (C=O) groups is 2. The molecule has 24 heavy (non-hydrogen) atoms. The molecule has 1 aromatic carbocycles. The monoisotopic (exact) mass is 330 g/mol. The minimum Gasteiger partial charge on any atom is -0.450 e. The van der Waals surface area contributed by atoms with Crippen molar-refractivity contribution in [3.05, 3.63) is 35.4 Å². The van der Waals surface area contributed by atoms with Crippen molar-refractivity contribution in [3.63, 3.8) is 0 Å². The van der Waals surface area contributed by atoms with E-state index in [9.17, 15) is 9.59 Å². The molecule has 1 aliphatic heterocycles. The summed E-state index contributed by atoms with van der Waals surface area (Å²) in [5.74, 6) is -0.138. The van der Waals surface area contributed by atoms with Gasteiger partial charge in [0.1, 0.15) is 0 Å². The first-order chi connectivity index (χ1) is 11.5. The fraction of sp³-hybridized carbons (Fsp3) is 0.471. The Hall–Kier alpha value is -2.59. The number of nitrogens with zero attached hydrogens (tertiary/aromatic N) is 3. The zero-order valence-electron chi connectivity index (χ0n) is 13.8. The minimum absolute atomic E-state index is 0.138. The zero-order chi connectivity index (χ0) is 17.5. The van der Waals surface area contributed by atoms with Crippen molar-refractivity contribution in [1.29, 1.82) is 5.26 Å². The molecule has 1 unspecified atom stereocenters. The average molecular weight is 330 g/mol. The van der Waals surface area contributed by atoms with Crippen LogP contribution < -0.4 is 5.73 Å². The first kappa shape index (κ1) is 17.8. The van der Waals surface area contributed by atoms with Gasteiger partial charge >= 0.3 is 6.09 Å².